The van der Waals surface area contributed by atoms with E-state index >= 15 is 0 Å². The summed E-state index contributed by atoms with van der Waals surface area (Å²) in [7, 11) is 0. The molecule has 2 rings (SSSR count). The van der Waals surface area contributed by atoms with Gasteiger partial charge in [0.1, 0.15) is 5.60 Å². The van der Waals surface area contributed by atoms with Crippen molar-refractivity contribution in [3.8, 4) is 0 Å². The average Bonchev–Trinajstić information content (AvgIpc) is 2.95. The number of carbonyl (C=O) groups is 1. The highest BCUT2D eigenvalue weighted by Crippen LogP contribution is 2.16. The number of alkyl carbamates (subject to hydrolysis) is 1. The van der Waals surface area contributed by atoms with Crippen molar-refractivity contribution in [3.05, 3.63) is 40.9 Å². The van der Waals surface area contributed by atoms with Crippen LogP contribution in [0.5, 0.6) is 0 Å². The second-order valence-electron chi connectivity index (χ2n) is 5.76. The van der Waals surface area contributed by atoms with Crippen LogP contribution in [-0.2, 0) is 17.8 Å². The summed E-state index contributed by atoms with van der Waals surface area (Å²) in [6, 6.07) is 7.80. The molecule has 118 valence electrons. The second-order valence-corrected chi connectivity index (χ2v) is 6.37. The number of benzene rings is 1. The van der Waals surface area contributed by atoms with Crippen molar-refractivity contribution in [2.45, 2.75) is 39.5 Å². The Morgan fingerprint density at radius 3 is 2.73 bits per heavy atom. The predicted molar refractivity (Wildman–Crippen MR) is 86.8 cm³/mol. The summed E-state index contributed by atoms with van der Waals surface area (Å²) in [5.41, 5.74) is 2.32. The summed E-state index contributed by atoms with van der Waals surface area (Å²) < 4.78 is 9.06. The van der Waals surface area contributed by atoms with Crippen molar-refractivity contribution in [2.75, 3.05) is 5.32 Å². The van der Waals surface area contributed by atoms with E-state index in [0.29, 0.717) is 13.1 Å². The van der Waals surface area contributed by atoms with E-state index in [2.05, 4.69) is 20.2 Å². The van der Waals surface area contributed by atoms with Gasteiger partial charge in [0.05, 0.1) is 12.2 Å². The molecule has 2 aromatic rings. The molecule has 0 atom stereocenters. The van der Waals surface area contributed by atoms with Gasteiger partial charge in [0.25, 0.3) is 0 Å². The van der Waals surface area contributed by atoms with Crippen molar-refractivity contribution in [1.82, 2.24) is 14.9 Å². The van der Waals surface area contributed by atoms with Crippen LogP contribution in [0.15, 0.2) is 29.6 Å². The van der Waals surface area contributed by atoms with Gasteiger partial charge in [-0.2, -0.15) is 0 Å². The highest BCUT2D eigenvalue weighted by atomic mass is 32.1. The molecule has 0 aliphatic carbocycles. The average molecular weight is 320 g/mol. The molecule has 1 amide bonds. The molecule has 0 aliphatic heterocycles. The van der Waals surface area contributed by atoms with E-state index < -0.39 is 11.7 Å². The zero-order valence-corrected chi connectivity index (χ0v) is 13.7. The first kappa shape index (κ1) is 16.2. The Morgan fingerprint density at radius 1 is 1.27 bits per heavy atom. The Morgan fingerprint density at radius 2 is 2.05 bits per heavy atom. The van der Waals surface area contributed by atoms with Crippen molar-refractivity contribution < 1.29 is 9.53 Å². The lowest BCUT2D eigenvalue weighted by atomic mass is 10.1. The summed E-state index contributed by atoms with van der Waals surface area (Å²) in [6.45, 7) is 6.51. The van der Waals surface area contributed by atoms with Crippen molar-refractivity contribution in [1.29, 1.82) is 0 Å². The minimum absolute atomic E-state index is 0.396. The fourth-order valence-electron chi connectivity index (χ4n) is 1.78. The zero-order valence-electron chi connectivity index (χ0n) is 12.9. The van der Waals surface area contributed by atoms with Gasteiger partial charge in [0, 0.05) is 17.6 Å². The molecule has 2 N–H and O–H groups in total. The zero-order chi connectivity index (χ0) is 16.0. The Kier molecular flexibility index (Phi) is 5.32. The molecule has 1 aromatic carbocycles. The molecular formula is C15H20N4O2S. The van der Waals surface area contributed by atoms with Crippen LogP contribution in [0.4, 0.5) is 10.5 Å². The number of rotatable bonds is 5. The number of aromatic nitrogens is 2. The topological polar surface area (TPSA) is 76.1 Å². The van der Waals surface area contributed by atoms with Crippen LogP contribution >= 0.6 is 11.5 Å². The first-order chi connectivity index (χ1) is 10.4. The van der Waals surface area contributed by atoms with Gasteiger partial charge in [-0.25, -0.2) is 4.79 Å². The van der Waals surface area contributed by atoms with E-state index in [0.717, 1.165) is 16.9 Å². The maximum absolute atomic E-state index is 11.7. The Balaban J connectivity index is 1.92. The Hall–Kier alpha value is -2.15. The number of nitrogens with one attached hydrogen (secondary N) is 2. The van der Waals surface area contributed by atoms with Crippen LogP contribution < -0.4 is 10.6 Å². The Bertz CT molecular complexity index is 608. The quantitative estimate of drug-likeness (QED) is 0.885. The standard InChI is InChI=1S/C15H20N4O2S/c1-15(2,3)21-14(20)17-8-11-6-4-5-7-13(11)16-9-12-10-22-19-18-12/h4-7,10,16H,8-9H2,1-3H3,(H,17,20). The molecule has 0 saturated heterocycles. The van der Waals surface area contributed by atoms with Gasteiger partial charge in [-0.3, -0.25) is 0 Å². The lowest BCUT2D eigenvalue weighted by Crippen LogP contribution is -2.32. The van der Waals surface area contributed by atoms with E-state index in [-0.39, 0.29) is 0 Å². The SMILES string of the molecule is CC(C)(C)OC(=O)NCc1ccccc1NCc1csnn1. The largest absolute Gasteiger partial charge is 0.444 e. The molecule has 0 fully saturated rings. The fraction of sp³-hybridized carbons (Fsp3) is 0.400. The minimum Gasteiger partial charge on any atom is -0.444 e. The molecule has 1 heterocycles. The van der Waals surface area contributed by atoms with E-state index in [1.54, 1.807) is 0 Å². The highest BCUT2D eigenvalue weighted by molar-refractivity contribution is 7.03. The number of amides is 1. The molecule has 0 spiro atoms. The second kappa shape index (κ2) is 7.22. The van der Waals surface area contributed by atoms with Gasteiger partial charge in [-0.05, 0) is 43.9 Å². The minimum atomic E-state index is -0.501. The number of carbonyl (C=O) groups excluding carboxylic acids is 1. The van der Waals surface area contributed by atoms with E-state index in [4.69, 9.17) is 4.74 Å². The number of hydrogen-bond donors (Lipinski definition) is 2. The van der Waals surface area contributed by atoms with E-state index in [1.165, 1.54) is 11.5 Å². The summed E-state index contributed by atoms with van der Waals surface area (Å²) in [5, 5.41) is 12.0. The summed E-state index contributed by atoms with van der Waals surface area (Å²) in [4.78, 5) is 11.7. The normalized spacial score (nSPS) is 11.0. The smallest absolute Gasteiger partial charge is 0.407 e. The van der Waals surface area contributed by atoms with Crippen molar-refractivity contribution in [3.63, 3.8) is 0 Å². The van der Waals surface area contributed by atoms with Gasteiger partial charge in [0.15, 0.2) is 0 Å². The molecule has 0 bridgehead atoms. The van der Waals surface area contributed by atoms with Gasteiger partial charge in [-0.15, -0.1) is 5.10 Å². The van der Waals surface area contributed by atoms with Gasteiger partial charge < -0.3 is 15.4 Å². The van der Waals surface area contributed by atoms with Crippen LogP contribution in [0, 0.1) is 0 Å². The lowest BCUT2D eigenvalue weighted by Gasteiger charge is -2.20. The molecule has 1 aromatic heterocycles. The third kappa shape index (κ3) is 5.33. The highest BCUT2D eigenvalue weighted by Gasteiger charge is 2.16. The number of nitrogens with zero attached hydrogens (tertiary/aromatic N) is 2. The first-order valence-corrected chi connectivity index (χ1v) is 7.82. The molecule has 0 saturated carbocycles. The van der Waals surface area contributed by atoms with Crippen LogP contribution in [0.25, 0.3) is 0 Å². The van der Waals surface area contributed by atoms with Crippen LogP contribution in [0.2, 0.25) is 0 Å². The van der Waals surface area contributed by atoms with Crippen molar-refractivity contribution >= 4 is 23.3 Å². The van der Waals surface area contributed by atoms with Crippen LogP contribution in [-0.4, -0.2) is 21.3 Å². The summed E-state index contributed by atoms with van der Waals surface area (Å²) in [6.07, 6.45) is -0.425. The molecule has 0 radical (unpaired) electrons. The molecule has 0 unspecified atom stereocenters. The maximum atomic E-state index is 11.7. The van der Waals surface area contributed by atoms with Gasteiger partial charge >= 0.3 is 6.09 Å². The molecule has 6 nitrogen and oxygen atoms in total. The van der Waals surface area contributed by atoms with Gasteiger partial charge in [-0.1, -0.05) is 22.7 Å². The van der Waals surface area contributed by atoms with Crippen molar-refractivity contribution in [2.24, 2.45) is 0 Å². The molecule has 0 aliphatic rings. The van der Waals surface area contributed by atoms with Gasteiger partial charge in [0.2, 0.25) is 0 Å². The molecular weight excluding hydrogens is 300 g/mol. The maximum Gasteiger partial charge on any atom is 0.407 e. The fourth-order valence-corrected chi connectivity index (χ4v) is 2.23. The molecule has 22 heavy (non-hydrogen) atoms. The number of ether oxygens (including phenoxy) is 1. The third-order valence-electron chi connectivity index (χ3n) is 2.70. The summed E-state index contributed by atoms with van der Waals surface area (Å²) >= 11 is 1.32. The monoisotopic (exact) mass is 320 g/mol. The lowest BCUT2D eigenvalue weighted by molar-refractivity contribution is 0.0523. The number of hydrogen-bond acceptors (Lipinski definition) is 6. The van der Waals surface area contributed by atoms with E-state index in [9.17, 15) is 4.79 Å². The number of anilines is 1. The third-order valence-corrected chi connectivity index (χ3v) is 3.26. The van der Waals surface area contributed by atoms with E-state index in [1.807, 2.05) is 50.4 Å². The van der Waals surface area contributed by atoms with Crippen LogP contribution in [0.1, 0.15) is 32.0 Å². The number of para-hydroxylation sites is 1. The van der Waals surface area contributed by atoms with Crippen LogP contribution in [0.3, 0.4) is 0 Å². The first-order valence-electron chi connectivity index (χ1n) is 6.98. The molecule has 7 heteroatoms. The summed E-state index contributed by atoms with van der Waals surface area (Å²) in [5.74, 6) is 0. The Labute approximate surface area is 134 Å². The predicted octanol–water partition coefficient (Wildman–Crippen LogP) is 3.17.